The highest BCUT2D eigenvalue weighted by atomic mass is 35.5. The summed E-state index contributed by atoms with van der Waals surface area (Å²) < 4.78 is 34.1. The quantitative estimate of drug-likeness (QED) is 0.782. The van der Waals surface area contributed by atoms with Crippen molar-refractivity contribution in [1.29, 1.82) is 0 Å². The zero-order chi connectivity index (χ0) is 10.8. The molecule has 0 heterocycles. The third-order valence-corrected chi connectivity index (χ3v) is 2.51. The Labute approximate surface area is 85.2 Å². The summed E-state index contributed by atoms with van der Waals surface area (Å²) in [4.78, 5) is 10.4. The predicted octanol–water partition coefficient (Wildman–Crippen LogP) is 1.24. The molecule has 1 aromatic rings. The van der Waals surface area contributed by atoms with Gasteiger partial charge < -0.3 is 4.29 Å². The molecule has 0 atom stereocenters. The van der Waals surface area contributed by atoms with Crippen LogP contribution in [-0.2, 0) is 14.4 Å². The third-order valence-electron chi connectivity index (χ3n) is 1.45. The van der Waals surface area contributed by atoms with Gasteiger partial charge >= 0.3 is 5.97 Å². The molecular formula is C7H5ClO5S. The first-order valence-electron chi connectivity index (χ1n) is 3.36. The number of benzene rings is 1. The van der Waals surface area contributed by atoms with Gasteiger partial charge in [0.15, 0.2) is 0 Å². The zero-order valence-electron chi connectivity index (χ0n) is 6.68. The van der Waals surface area contributed by atoms with Crippen LogP contribution < -0.4 is 0 Å². The average molecular weight is 237 g/mol. The van der Waals surface area contributed by atoms with Crippen molar-refractivity contribution in [3.05, 3.63) is 29.8 Å². The maximum atomic E-state index is 11.0. The lowest BCUT2D eigenvalue weighted by Gasteiger charge is -2.02. The lowest BCUT2D eigenvalue weighted by Crippen LogP contribution is -2.08. The van der Waals surface area contributed by atoms with Crippen molar-refractivity contribution in [1.82, 2.24) is 0 Å². The van der Waals surface area contributed by atoms with Crippen molar-refractivity contribution in [2.75, 3.05) is 0 Å². The molecule has 1 N–H and O–H groups in total. The first kappa shape index (κ1) is 11.0. The molecule has 0 spiro atoms. The minimum absolute atomic E-state index is 0.315. The minimum Gasteiger partial charge on any atom is -0.343 e. The number of rotatable bonds is 2. The summed E-state index contributed by atoms with van der Waals surface area (Å²) >= 11 is 4.78. The molecule has 0 aliphatic carbocycles. The highest BCUT2D eigenvalue weighted by Crippen LogP contribution is 2.16. The molecule has 1 aromatic carbocycles. The molecule has 5 nitrogen and oxygen atoms in total. The average Bonchev–Trinajstić information content (AvgIpc) is 2.15. The van der Waals surface area contributed by atoms with Crippen LogP contribution in [0, 0.1) is 0 Å². The van der Waals surface area contributed by atoms with E-state index in [9.17, 15) is 13.2 Å². The van der Waals surface area contributed by atoms with Crippen LogP contribution in [0.25, 0.3) is 0 Å². The first-order valence-corrected chi connectivity index (χ1v) is 5.11. The molecule has 0 radical (unpaired) electrons. The molecule has 1 rings (SSSR count). The predicted molar refractivity (Wildman–Crippen MR) is 47.5 cm³/mol. The molecule has 0 amide bonds. The monoisotopic (exact) mass is 236 g/mol. The van der Waals surface area contributed by atoms with Gasteiger partial charge in [-0.15, -0.1) is 0 Å². The first-order chi connectivity index (χ1) is 6.46. The molecule has 0 aromatic heterocycles. The largest absolute Gasteiger partial charge is 0.357 e. The van der Waals surface area contributed by atoms with Gasteiger partial charge in [-0.05, 0) is 12.1 Å². The van der Waals surface area contributed by atoms with E-state index in [-0.39, 0.29) is 5.56 Å². The van der Waals surface area contributed by atoms with Gasteiger partial charge in [-0.3, -0.25) is 4.55 Å². The number of hydrogen-bond acceptors (Lipinski definition) is 4. The summed E-state index contributed by atoms with van der Waals surface area (Å²) in [6.45, 7) is 0. The molecule has 7 heteroatoms. The fourth-order valence-corrected chi connectivity index (χ4v) is 1.66. The Bertz CT molecular complexity index is 453. The number of carbonyl (C=O) groups is 1. The van der Waals surface area contributed by atoms with Crippen molar-refractivity contribution in [2.24, 2.45) is 0 Å². The Balaban J connectivity index is 3.38. The summed E-state index contributed by atoms with van der Waals surface area (Å²) in [6, 6.07) is 5.01. The molecule has 0 aliphatic heterocycles. The molecule has 0 aliphatic rings. The summed E-state index contributed by atoms with van der Waals surface area (Å²) in [5.74, 6) is -1.04. The van der Waals surface area contributed by atoms with Crippen molar-refractivity contribution in [2.45, 2.75) is 4.90 Å². The van der Waals surface area contributed by atoms with Gasteiger partial charge in [0.05, 0.1) is 5.56 Å². The fourth-order valence-electron chi connectivity index (χ4n) is 0.902. The zero-order valence-corrected chi connectivity index (χ0v) is 8.25. The van der Waals surface area contributed by atoms with E-state index in [2.05, 4.69) is 4.29 Å². The second kappa shape index (κ2) is 3.95. The Hall–Kier alpha value is -1.11. The molecule has 14 heavy (non-hydrogen) atoms. The van der Waals surface area contributed by atoms with Crippen LogP contribution in [0.2, 0.25) is 0 Å². The van der Waals surface area contributed by atoms with E-state index < -0.39 is 21.0 Å². The van der Waals surface area contributed by atoms with E-state index in [1.54, 1.807) is 0 Å². The molecule has 0 bridgehead atoms. The normalized spacial score (nSPS) is 11.0. The van der Waals surface area contributed by atoms with Gasteiger partial charge in [0.25, 0.3) is 10.1 Å². The van der Waals surface area contributed by atoms with Crippen LogP contribution in [0.3, 0.4) is 0 Å². The van der Waals surface area contributed by atoms with E-state index in [0.29, 0.717) is 0 Å². The van der Waals surface area contributed by atoms with Gasteiger partial charge in [0.1, 0.15) is 16.8 Å². The number of halogens is 1. The molecule has 76 valence electrons. The smallest absolute Gasteiger partial charge is 0.343 e. The second-order valence-corrected chi connectivity index (χ2v) is 3.88. The van der Waals surface area contributed by atoms with Crippen LogP contribution in [-0.4, -0.2) is 18.9 Å². The lowest BCUT2D eigenvalue weighted by atomic mass is 10.2. The fraction of sp³-hybridized carbons (Fsp3) is 0. The van der Waals surface area contributed by atoms with E-state index >= 15 is 0 Å². The molecular weight excluding hydrogens is 232 g/mol. The Morgan fingerprint density at radius 2 is 1.93 bits per heavy atom. The molecule has 0 saturated carbocycles. The van der Waals surface area contributed by atoms with E-state index in [4.69, 9.17) is 16.4 Å². The molecule has 0 saturated heterocycles. The summed E-state index contributed by atoms with van der Waals surface area (Å²) in [7, 11) is -4.45. The second-order valence-electron chi connectivity index (χ2n) is 2.34. The van der Waals surface area contributed by atoms with Crippen LogP contribution in [0.1, 0.15) is 10.4 Å². The van der Waals surface area contributed by atoms with Crippen LogP contribution >= 0.6 is 11.9 Å². The highest BCUT2D eigenvalue weighted by Gasteiger charge is 2.20. The SMILES string of the molecule is O=C(OCl)c1ccccc1S(=O)(=O)O. The lowest BCUT2D eigenvalue weighted by molar-refractivity contribution is 0.0747. The molecule has 0 fully saturated rings. The van der Waals surface area contributed by atoms with Gasteiger partial charge in [0.2, 0.25) is 0 Å². The topological polar surface area (TPSA) is 80.7 Å². The summed E-state index contributed by atoms with van der Waals surface area (Å²) in [5, 5.41) is 0. The van der Waals surface area contributed by atoms with Crippen LogP contribution in [0.5, 0.6) is 0 Å². The highest BCUT2D eigenvalue weighted by molar-refractivity contribution is 7.86. The Morgan fingerprint density at radius 3 is 2.43 bits per heavy atom. The van der Waals surface area contributed by atoms with Gasteiger partial charge in [0, 0.05) is 0 Å². The van der Waals surface area contributed by atoms with Crippen molar-refractivity contribution >= 4 is 28.0 Å². The third kappa shape index (κ3) is 2.22. The van der Waals surface area contributed by atoms with Gasteiger partial charge in [-0.2, -0.15) is 8.42 Å². The summed E-state index contributed by atoms with van der Waals surface area (Å²) in [6.07, 6.45) is 0. The van der Waals surface area contributed by atoms with Gasteiger partial charge in [-0.25, -0.2) is 4.79 Å². The van der Waals surface area contributed by atoms with E-state index in [1.807, 2.05) is 0 Å². The van der Waals surface area contributed by atoms with Crippen molar-refractivity contribution < 1.29 is 22.1 Å². The minimum atomic E-state index is -4.45. The molecule has 0 unspecified atom stereocenters. The maximum Gasteiger partial charge on any atom is 0.357 e. The summed E-state index contributed by atoms with van der Waals surface area (Å²) in [5.41, 5.74) is -0.315. The maximum absolute atomic E-state index is 11.0. The Morgan fingerprint density at radius 1 is 1.36 bits per heavy atom. The number of hydrogen-bond donors (Lipinski definition) is 1. The van der Waals surface area contributed by atoms with Gasteiger partial charge in [-0.1, -0.05) is 12.1 Å². The van der Waals surface area contributed by atoms with E-state index in [1.165, 1.54) is 18.2 Å². The standard InChI is InChI=1S/C7H5ClO5S/c8-13-7(9)5-3-1-2-4-6(5)14(10,11)12/h1-4H,(H,10,11,12). The van der Waals surface area contributed by atoms with Crippen LogP contribution in [0.4, 0.5) is 0 Å². The van der Waals surface area contributed by atoms with Crippen molar-refractivity contribution in [3.8, 4) is 0 Å². The number of carbonyl (C=O) groups excluding carboxylic acids is 1. The van der Waals surface area contributed by atoms with Crippen LogP contribution in [0.15, 0.2) is 29.2 Å². The van der Waals surface area contributed by atoms with Crippen molar-refractivity contribution in [3.63, 3.8) is 0 Å². The Kier molecular flexibility index (Phi) is 3.10. The van der Waals surface area contributed by atoms with E-state index in [0.717, 1.165) is 6.07 Å².